The number of unbranched alkanes of at least 4 members (excludes halogenated alkanes) is 1. The van der Waals surface area contributed by atoms with Gasteiger partial charge in [-0.05, 0) is 42.8 Å². The average molecular weight is 383 g/mol. The van der Waals surface area contributed by atoms with Crippen LogP contribution in [0.15, 0.2) is 48.5 Å². The van der Waals surface area contributed by atoms with Crippen molar-refractivity contribution in [2.45, 2.75) is 33.6 Å². The maximum atomic E-state index is 12.3. The maximum absolute atomic E-state index is 12.3. The molecule has 2 aromatic carbocycles. The molecular weight excluding hydrogens is 354 g/mol. The smallest absolute Gasteiger partial charge is 0.243 e. The number of nitrogens with one attached hydrogen (secondary N) is 3. The molecule has 0 unspecified atom stereocenters. The van der Waals surface area contributed by atoms with E-state index in [1.165, 1.54) is 0 Å². The first-order valence-electron chi connectivity index (χ1n) is 9.66. The molecule has 0 aromatic heterocycles. The molecule has 0 atom stereocenters. The van der Waals surface area contributed by atoms with Gasteiger partial charge >= 0.3 is 0 Å². The number of rotatable bonds is 10. The van der Waals surface area contributed by atoms with Crippen LogP contribution in [0.4, 0.5) is 17.1 Å². The Kier molecular flexibility index (Phi) is 8.34. The first-order valence-corrected chi connectivity index (χ1v) is 9.66. The Hall–Kier alpha value is -3.02. The van der Waals surface area contributed by atoms with E-state index >= 15 is 0 Å². The van der Waals surface area contributed by atoms with Crippen molar-refractivity contribution in [1.82, 2.24) is 0 Å². The van der Waals surface area contributed by atoms with Crippen molar-refractivity contribution in [3.63, 3.8) is 0 Å². The summed E-state index contributed by atoms with van der Waals surface area (Å²) in [5, 5.41) is 8.78. The van der Waals surface area contributed by atoms with Crippen LogP contribution in [0, 0.1) is 5.92 Å². The zero-order chi connectivity index (χ0) is 20.4. The minimum Gasteiger partial charge on any atom is -0.491 e. The van der Waals surface area contributed by atoms with E-state index in [1.807, 2.05) is 50.2 Å². The molecule has 0 spiro atoms. The molecule has 150 valence electrons. The largest absolute Gasteiger partial charge is 0.491 e. The predicted octanol–water partition coefficient (Wildman–Crippen LogP) is 4.51. The molecule has 0 saturated carbocycles. The summed E-state index contributed by atoms with van der Waals surface area (Å²) in [4.78, 5) is 24.0. The van der Waals surface area contributed by atoms with Crippen molar-refractivity contribution >= 4 is 28.9 Å². The fourth-order valence-corrected chi connectivity index (χ4v) is 2.36. The van der Waals surface area contributed by atoms with E-state index < -0.39 is 0 Å². The second kappa shape index (κ2) is 11.0. The van der Waals surface area contributed by atoms with Gasteiger partial charge in [-0.25, -0.2) is 0 Å². The third kappa shape index (κ3) is 6.95. The molecule has 0 aliphatic rings. The Morgan fingerprint density at radius 3 is 2.32 bits per heavy atom. The molecule has 3 N–H and O–H groups in total. The van der Waals surface area contributed by atoms with Crippen LogP contribution in [0.2, 0.25) is 0 Å². The second-order valence-corrected chi connectivity index (χ2v) is 6.82. The molecule has 2 rings (SSSR count). The topological polar surface area (TPSA) is 79.5 Å². The lowest BCUT2D eigenvalue weighted by Gasteiger charge is -2.13. The number of ether oxygens (including phenoxy) is 1. The number of anilines is 3. The number of amides is 2. The summed E-state index contributed by atoms with van der Waals surface area (Å²) in [7, 11) is 0. The van der Waals surface area contributed by atoms with Gasteiger partial charge in [0.25, 0.3) is 0 Å². The van der Waals surface area contributed by atoms with Gasteiger partial charge in [-0.15, -0.1) is 0 Å². The lowest BCUT2D eigenvalue weighted by atomic mass is 10.2. The Balaban J connectivity index is 1.85. The summed E-state index contributed by atoms with van der Waals surface area (Å²) in [5.74, 6) is 0.411. The van der Waals surface area contributed by atoms with Crippen molar-refractivity contribution in [1.29, 1.82) is 0 Å². The molecule has 0 fully saturated rings. The standard InChI is InChI=1S/C22H29N3O3/c1-4-5-14-28-20-9-7-6-8-19(20)25-21(26)15-23-17-10-12-18(13-11-17)24-22(27)16(2)3/h6-13,16,23H,4-5,14-15H2,1-3H3,(H,24,27)(H,25,26). The van der Waals surface area contributed by atoms with Gasteiger partial charge in [0.15, 0.2) is 0 Å². The lowest BCUT2D eigenvalue weighted by molar-refractivity contribution is -0.119. The van der Waals surface area contributed by atoms with Crippen molar-refractivity contribution < 1.29 is 14.3 Å². The van der Waals surface area contributed by atoms with E-state index in [0.717, 1.165) is 24.2 Å². The molecule has 2 amide bonds. The summed E-state index contributed by atoms with van der Waals surface area (Å²) < 4.78 is 5.73. The van der Waals surface area contributed by atoms with Crippen LogP contribution in [0.1, 0.15) is 33.6 Å². The van der Waals surface area contributed by atoms with Crippen LogP contribution >= 0.6 is 0 Å². The molecule has 0 bridgehead atoms. The lowest BCUT2D eigenvalue weighted by Crippen LogP contribution is -2.22. The number of carbonyl (C=O) groups is 2. The molecule has 0 radical (unpaired) electrons. The van der Waals surface area contributed by atoms with Gasteiger partial charge in [-0.1, -0.05) is 39.3 Å². The predicted molar refractivity (Wildman–Crippen MR) is 114 cm³/mol. The second-order valence-electron chi connectivity index (χ2n) is 6.82. The quantitative estimate of drug-likeness (QED) is 0.527. The van der Waals surface area contributed by atoms with Crippen molar-refractivity contribution in [3.05, 3.63) is 48.5 Å². The van der Waals surface area contributed by atoms with Crippen molar-refractivity contribution in [3.8, 4) is 5.75 Å². The van der Waals surface area contributed by atoms with Gasteiger partial charge in [-0.3, -0.25) is 9.59 Å². The first kappa shape index (κ1) is 21.3. The molecule has 0 aliphatic carbocycles. The summed E-state index contributed by atoms with van der Waals surface area (Å²) in [6.07, 6.45) is 2.02. The van der Waals surface area contributed by atoms with Gasteiger partial charge in [0, 0.05) is 17.3 Å². The zero-order valence-corrected chi connectivity index (χ0v) is 16.7. The minimum atomic E-state index is -0.163. The van der Waals surface area contributed by atoms with Crippen LogP contribution < -0.4 is 20.7 Å². The number of hydrogen-bond donors (Lipinski definition) is 3. The molecule has 0 aliphatic heterocycles. The highest BCUT2D eigenvalue weighted by molar-refractivity contribution is 5.95. The highest BCUT2D eigenvalue weighted by atomic mass is 16.5. The van der Waals surface area contributed by atoms with Crippen LogP contribution in [-0.4, -0.2) is 25.0 Å². The van der Waals surface area contributed by atoms with Crippen molar-refractivity contribution in [2.75, 3.05) is 29.1 Å². The Bertz CT molecular complexity index is 773. The first-order chi connectivity index (χ1) is 13.5. The molecular formula is C22H29N3O3. The third-order valence-corrected chi connectivity index (χ3v) is 4.05. The van der Waals surface area contributed by atoms with E-state index in [4.69, 9.17) is 4.74 Å². The van der Waals surface area contributed by atoms with E-state index in [9.17, 15) is 9.59 Å². The van der Waals surface area contributed by atoms with E-state index in [-0.39, 0.29) is 24.3 Å². The molecule has 2 aromatic rings. The number of hydrogen-bond acceptors (Lipinski definition) is 4. The van der Waals surface area contributed by atoms with Gasteiger partial charge in [0.2, 0.25) is 11.8 Å². The summed E-state index contributed by atoms with van der Waals surface area (Å²) in [6.45, 7) is 6.55. The fourth-order valence-electron chi connectivity index (χ4n) is 2.36. The van der Waals surface area contributed by atoms with E-state index in [2.05, 4.69) is 22.9 Å². The molecule has 6 heteroatoms. The molecule has 28 heavy (non-hydrogen) atoms. The normalized spacial score (nSPS) is 10.4. The van der Waals surface area contributed by atoms with E-state index in [0.29, 0.717) is 18.0 Å². The minimum absolute atomic E-state index is 0.0279. The highest BCUT2D eigenvalue weighted by Gasteiger charge is 2.09. The van der Waals surface area contributed by atoms with Crippen LogP contribution in [0.25, 0.3) is 0 Å². The van der Waals surface area contributed by atoms with Crippen LogP contribution in [0.5, 0.6) is 5.75 Å². The monoisotopic (exact) mass is 383 g/mol. The maximum Gasteiger partial charge on any atom is 0.243 e. The zero-order valence-electron chi connectivity index (χ0n) is 16.7. The molecule has 6 nitrogen and oxygen atoms in total. The highest BCUT2D eigenvalue weighted by Crippen LogP contribution is 2.24. The Morgan fingerprint density at radius 1 is 0.964 bits per heavy atom. The number of para-hydroxylation sites is 2. The van der Waals surface area contributed by atoms with Gasteiger partial charge in [0.1, 0.15) is 5.75 Å². The number of benzene rings is 2. The Morgan fingerprint density at radius 2 is 1.64 bits per heavy atom. The fraction of sp³-hybridized carbons (Fsp3) is 0.364. The van der Waals surface area contributed by atoms with E-state index in [1.54, 1.807) is 12.1 Å². The Labute approximate surface area is 166 Å². The summed E-state index contributed by atoms with van der Waals surface area (Å²) in [5.41, 5.74) is 2.19. The van der Waals surface area contributed by atoms with Gasteiger partial charge in [-0.2, -0.15) is 0 Å². The van der Waals surface area contributed by atoms with Gasteiger partial charge in [0.05, 0.1) is 18.8 Å². The SMILES string of the molecule is CCCCOc1ccccc1NC(=O)CNc1ccc(NC(=O)C(C)C)cc1. The third-order valence-electron chi connectivity index (χ3n) is 4.05. The summed E-state index contributed by atoms with van der Waals surface area (Å²) in [6, 6.07) is 14.7. The van der Waals surface area contributed by atoms with Gasteiger partial charge < -0.3 is 20.7 Å². The van der Waals surface area contributed by atoms with Crippen LogP contribution in [-0.2, 0) is 9.59 Å². The molecule has 0 heterocycles. The van der Waals surface area contributed by atoms with Crippen LogP contribution in [0.3, 0.4) is 0 Å². The number of carbonyl (C=O) groups excluding carboxylic acids is 2. The van der Waals surface area contributed by atoms with Crippen molar-refractivity contribution in [2.24, 2.45) is 5.92 Å². The average Bonchev–Trinajstić information content (AvgIpc) is 2.69. The summed E-state index contributed by atoms with van der Waals surface area (Å²) >= 11 is 0. The molecule has 0 saturated heterocycles.